The molecule has 0 aliphatic heterocycles. The molecule has 0 aliphatic rings. The van der Waals surface area contributed by atoms with Crippen LogP contribution >= 0.6 is 0 Å². The Balaban J connectivity index is 2.17. The van der Waals surface area contributed by atoms with Gasteiger partial charge in [-0.05, 0) is 62.1 Å². The van der Waals surface area contributed by atoms with E-state index in [1.807, 2.05) is 6.92 Å². The molecule has 0 saturated carbocycles. The van der Waals surface area contributed by atoms with Crippen LogP contribution in [0.5, 0.6) is 0 Å². The van der Waals surface area contributed by atoms with E-state index in [4.69, 9.17) is 6.42 Å². The molecule has 0 nitrogen and oxygen atoms in total. The first kappa shape index (κ1) is 13.9. The number of terminal acetylenes is 1. The van der Waals surface area contributed by atoms with Crippen molar-refractivity contribution in [1.82, 2.24) is 0 Å². The zero-order valence-corrected chi connectivity index (χ0v) is 13.9. The summed E-state index contributed by atoms with van der Waals surface area (Å²) in [6.07, 6.45) is 5.73. The molecule has 0 aromatic heterocycles. The predicted octanol–water partition coefficient (Wildman–Crippen LogP) is 6.09. The van der Waals surface area contributed by atoms with Crippen molar-refractivity contribution in [3.63, 3.8) is 0 Å². The quantitative estimate of drug-likeness (QED) is 0.184. The van der Waals surface area contributed by atoms with Crippen molar-refractivity contribution >= 4 is 43.1 Å². The van der Waals surface area contributed by atoms with Crippen LogP contribution in [0.4, 0.5) is 0 Å². The van der Waals surface area contributed by atoms with E-state index in [1.54, 1.807) is 0 Å². The van der Waals surface area contributed by atoms with Gasteiger partial charge in [-0.15, -0.1) is 12.3 Å². The van der Waals surface area contributed by atoms with Crippen molar-refractivity contribution in [1.29, 1.82) is 0 Å². The number of hydrogen-bond acceptors (Lipinski definition) is 0. The van der Waals surface area contributed by atoms with Crippen molar-refractivity contribution in [3.8, 4) is 24.2 Å². The normalized spacial score (nSPS) is 11.0. The first-order chi connectivity index (χ1) is 12.3. The first-order valence-electron chi connectivity index (χ1n) is 8.35. The molecule has 5 rings (SSSR count). The summed E-state index contributed by atoms with van der Waals surface area (Å²) in [7, 11) is 0. The Morgan fingerprint density at radius 3 is 1.64 bits per heavy atom. The minimum absolute atomic E-state index is 0.949. The molecule has 0 bridgehead atoms. The number of rotatable bonds is 0. The van der Waals surface area contributed by atoms with Crippen molar-refractivity contribution < 1.29 is 0 Å². The molecule has 5 aromatic rings. The van der Waals surface area contributed by atoms with Crippen LogP contribution in [-0.2, 0) is 0 Å². The molecule has 25 heavy (non-hydrogen) atoms. The molecule has 0 N–H and O–H groups in total. The standard InChI is InChI=1S/C25H14/c1-3-7-17-13-15-23-22-14-12-16(4-2)18-8-5-10-20(24(18)22)21-11-6-9-19(17)25(21)23/h2,5-6,8-15H,1H3. The van der Waals surface area contributed by atoms with Gasteiger partial charge in [-0.1, -0.05) is 60.4 Å². The van der Waals surface area contributed by atoms with Crippen molar-refractivity contribution in [2.75, 3.05) is 0 Å². The maximum Gasteiger partial charge on any atom is 0.0324 e. The lowest BCUT2D eigenvalue weighted by Gasteiger charge is -2.15. The number of benzene rings is 5. The van der Waals surface area contributed by atoms with Crippen LogP contribution in [0.3, 0.4) is 0 Å². The highest BCUT2D eigenvalue weighted by Crippen LogP contribution is 2.41. The van der Waals surface area contributed by atoms with Crippen LogP contribution in [0.1, 0.15) is 18.1 Å². The molecule has 0 heterocycles. The molecule has 0 fully saturated rings. The Hall–Kier alpha value is -3.48. The molecule has 114 valence electrons. The van der Waals surface area contributed by atoms with E-state index in [0.29, 0.717) is 0 Å². The molecule has 0 radical (unpaired) electrons. The monoisotopic (exact) mass is 314 g/mol. The summed E-state index contributed by atoms with van der Waals surface area (Å²) in [5, 5.41) is 9.95. The van der Waals surface area contributed by atoms with Crippen LogP contribution < -0.4 is 0 Å². The smallest absolute Gasteiger partial charge is 0.0324 e. The van der Waals surface area contributed by atoms with Crippen molar-refractivity contribution in [2.45, 2.75) is 6.92 Å². The molecule has 0 atom stereocenters. The third-order valence-corrected chi connectivity index (χ3v) is 5.08. The minimum Gasteiger partial charge on any atom is -0.115 e. The second-order valence-corrected chi connectivity index (χ2v) is 6.30. The molecular formula is C25H14. The van der Waals surface area contributed by atoms with Crippen LogP contribution in [0.2, 0.25) is 0 Å². The van der Waals surface area contributed by atoms with Crippen LogP contribution in [0.15, 0.2) is 60.7 Å². The third-order valence-electron chi connectivity index (χ3n) is 5.08. The molecule has 5 aromatic carbocycles. The Labute approximate surface area is 146 Å². The molecule has 0 aliphatic carbocycles. The maximum absolute atomic E-state index is 5.73. The molecule has 0 amide bonds. The topological polar surface area (TPSA) is 0 Å². The summed E-state index contributed by atoms with van der Waals surface area (Å²) in [6, 6.07) is 21.5. The fourth-order valence-electron chi connectivity index (χ4n) is 4.08. The molecule has 0 unspecified atom stereocenters. The summed E-state index contributed by atoms with van der Waals surface area (Å²) in [6.45, 7) is 1.88. The van der Waals surface area contributed by atoms with Gasteiger partial charge in [0.05, 0.1) is 0 Å². The van der Waals surface area contributed by atoms with E-state index in [9.17, 15) is 0 Å². The first-order valence-corrected chi connectivity index (χ1v) is 8.35. The Morgan fingerprint density at radius 2 is 1.08 bits per heavy atom. The van der Waals surface area contributed by atoms with E-state index in [2.05, 4.69) is 78.4 Å². The van der Waals surface area contributed by atoms with Gasteiger partial charge in [0.2, 0.25) is 0 Å². The van der Waals surface area contributed by atoms with Gasteiger partial charge in [-0.25, -0.2) is 0 Å². The van der Waals surface area contributed by atoms with Gasteiger partial charge in [-0.3, -0.25) is 0 Å². The van der Waals surface area contributed by atoms with Gasteiger partial charge in [0.1, 0.15) is 0 Å². The summed E-state index contributed by atoms with van der Waals surface area (Å²) < 4.78 is 0. The van der Waals surface area contributed by atoms with Crippen LogP contribution in [-0.4, -0.2) is 0 Å². The Morgan fingerprint density at radius 1 is 0.600 bits per heavy atom. The largest absolute Gasteiger partial charge is 0.115 e. The van der Waals surface area contributed by atoms with Gasteiger partial charge >= 0.3 is 0 Å². The second-order valence-electron chi connectivity index (χ2n) is 6.30. The fraction of sp³-hybridized carbons (Fsp3) is 0.0400. The van der Waals surface area contributed by atoms with E-state index in [-0.39, 0.29) is 0 Å². The van der Waals surface area contributed by atoms with Crippen LogP contribution in [0.25, 0.3) is 43.1 Å². The predicted molar refractivity (Wildman–Crippen MR) is 108 cm³/mol. The molecule has 0 heteroatoms. The lowest BCUT2D eigenvalue weighted by molar-refractivity contribution is 1.72. The Bertz CT molecular complexity index is 1380. The summed E-state index contributed by atoms with van der Waals surface area (Å²) in [4.78, 5) is 0. The summed E-state index contributed by atoms with van der Waals surface area (Å²) in [5.41, 5.74) is 2.03. The zero-order chi connectivity index (χ0) is 17.0. The minimum atomic E-state index is 0.949. The summed E-state index contributed by atoms with van der Waals surface area (Å²) in [5.74, 6) is 9.11. The van der Waals surface area contributed by atoms with Gasteiger partial charge in [0.25, 0.3) is 0 Å². The van der Waals surface area contributed by atoms with E-state index >= 15 is 0 Å². The van der Waals surface area contributed by atoms with Crippen LogP contribution in [0, 0.1) is 24.2 Å². The number of fused-ring (bicyclic) bond motifs is 2. The lowest BCUT2D eigenvalue weighted by Crippen LogP contribution is -1.90. The average molecular weight is 314 g/mol. The van der Waals surface area contributed by atoms with Gasteiger partial charge in [0, 0.05) is 11.1 Å². The van der Waals surface area contributed by atoms with Gasteiger partial charge in [-0.2, -0.15) is 0 Å². The van der Waals surface area contributed by atoms with E-state index < -0.39 is 0 Å². The van der Waals surface area contributed by atoms with Gasteiger partial charge in [0.15, 0.2) is 0 Å². The van der Waals surface area contributed by atoms with Crippen molar-refractivity contribution in [2.24, 2.45) is 0 Å². The second kappa shape index (κ2) is 5.01. The zero-order valence-electron chi connectivity index (χ0n) is 13.9. The lowest BCUT2D eigenvalue weighted by atomic mass is 9.87. The van der Waals surface area contributed by atoms with E-state index in [0.717, 1.165) is 16.5 Å². The molecule has 0 spiro atoms. The van der Waals surface area contributed by atoms with Gasteiger partial charge < -0.3 is 0 Å². The SMILES string of the molecule is C#Cc1ccc2c3ccc(C#CC)c4cccc(c5cccc1c52)c43. The molecular weight excluding hydrogens is 300 g/mol. The summed E-state index contributed by atoms with van der Waals surface area (Å²) >= 11 is 0. The number of hydrogen-bond donors (Lipinski definition) is 0. The fourth-order valence-corrected chi connectivity index (χ4v) is 4.08. The Kier molecular flexibility index (Phi) is 2.79. The van der Waals surface area contributed by atoms with E-state index in [1.165, 1.54) is 37.7 Å². The highest BCUT2D eigenvalue weighted by molar-refractivity contribution is 6.33. The maximum atomic E-state index is 5.73. The molecule has 0 saturated heterocycles. The third kappa shape index (κ3) is 1.74. The van der Waals surface area contributed by atoms with Crippen molar-refractivity contribution in [3.05, 3.63) is 71.8 Å². The highest BCUT2D eigenvalue weighted by Gasteiger charge is 2.14. The highest BCUT2D eigenvalue weighted by atomic mass is 14.2. The average Bonchev–Trinajstić information content (AvgIpc) is 2.66.